The van der Waals surface area contributed by atoms with E-state index in [4.69, 9.17) is 14.6 Å². The van der Waals surface area contributed by atoms with Crippen LogP contribution >= 0.6 is 0 Å². The van der Waals surface area contributed by atoms with E-state index in [1.54, 1.807) is 25.3 Å². The van der Waals surface area contributed by atoms with E-state index in [-0.39, 0.29) is 0 Å². The molecule has 0 heterocycles. The van der Waals surface area contributed by atoms with Crippen LogP contribution in [0.1, 0.15) is 39.2 Å². The van der Waals surface area contributed by atoms with Crippen LogP contribution in [0.3, 0.4) is 0 Å². The molecule has 0 saturated heterocycles. The molecule has 1 aromatic rings. The fourth-order valence-corrected chi connectivity index (χ4v) is 2.04. The van der Waals surface area contributed by atoms with Crippen LogP contribution in [0.25, 0.3) is 6.08 Å². The summed E-state index contributed by atoms with van der Waals surface area (Å²) in [6.45, 7) is 6.77. The summed E-state index contributed by atoms with van der Waals surface area (Å²) in [6.07, 6.45) is 8.96. The van der Waals surface area contributed by atoms with Crippen LogP contribution in [-0.4, -0.2) is 24.8 Å². The molecule has 0 fully saturated rings. The second-order valence-corrected chi connectivity index (χ2v) is 5.76. The van der Waals surface area contributed by atoms with Gasteiger partial charge in [-0.15, -0.1) is 0 Å². The minimum absolute atomic E-state index is 0.474. The highest BCUT2D eigenvalue weighted by Crippen LogP contribution is 2.28. The van der Waals surface area contributed by atoms with Gasteiger partial charge >= 0.3 is 5.97 Å². The van der Waals surface area contributed by atoms with Crippen molar-refractivity contribution in [2.24, 2.45) is 0 Å². The predicted octanol–water partition coefficient (Wildman–Crippen LogP) is 4.86. The second-order valence-electron chi connectivity index (χ2n) is 5.76. The lowest BCUT2D eigenvalue weighted by atomic mass is 10.1. The number of aliphatic carboxylic acids is 1. The predicted molar refractivity (Wildman–Crippen MR) is 97.6 cm³/mol. The highest BCUT2D eigenvalue weighted by molar-refractivity contribution is 5.85. The van der Waals surface area contributed by atoms with Crippen molar-refractivity contribution in [2.75, 3.05) is 13.7 Å². The minimum Gasteiger partial charge on any atom is -0.493 e. The first kappa shape index (κ1) is 19.6. The Morgan fingerprint density at radius 1 is 1.17 bits per heavy atom. The van der Waals surface area contributed by atoms with Gasteiger partial charge in [-0.2, -0.15) is 0 Å². The molecule has 0 aliphatic rings. The summed E-state index contributed by atoms with van der Waals surface area (Å²) >= 11 is 0. The van der Waals surface area contributed by atoms with E-state index in [9.17, 15) is 4.79 Å². The Labute approximate surface area is 144 Å². The molecule has 1 N–H and O–H groups in total. The molecule has 0 atom stereocenters. The molecule has 0 aromatic heterocycles. The van der Waals surface area contributed by atoms with Gasteiger partial charge in [0, 0.05) is 6.08 Å². The molecule has 4 nitrogen and oxygen atoms in total. The largest absolute Gasteiger partial charge is 0.493 e. The summed E-state index contributed by atoms with van der Waals surface area (Å²) in [6, 6.07) is 5.33. The average Bonchev–Trinajstić information content (AvgIpc) is 2.53. The van der Waals surface area contributed by atoms with E-state index in [0.717, 1.165) is 24.5 Å². The monoisotopic (exact) mass is 330 g/mol. The van der Waals surface area contributed by atoms with Crippen molar-refractivity contribution in [1.29, 1.82) is 0 Å². The summed E-state index contributed by atoms with van der Waals surface area (Å²) < 4.78 is 11.1. The van der Waals surface area contributed by atoms with Gasteiger partial charge in [0.05, 0.1) is 7.11 Å². The van der Waals surface area contributed by atoms with Crippen molar-refractivity contribution in [2.45, 2.75) is 33.6 Å². The third-order valence-electron chi connectivity index (χ3n) is 3.37. The number of ether oxygens (including phenoxy) is 2. The molecule has 24 heavy (non-hydrogen) atoms. The summed E-state index contributed by atoms with van der Waals surface area (Å²) in [4.78, 5) is 10.6. The molecule has 0 bridgehead atoms. The molecule has 4 heteroatoms. The van der Waals surface area contributed by atoms with Crippen LogP contribution in [0.15, 0.2) is 47.6 Å². The van der Waals surface area contributed by atoms with Crippen molar-refractivity contribution in [3.63, 3.8) is 0 Å². The van der Waals surface area contributed by atoms with Gasteiger partial charge in [0.1, 0.15) is 6.61 Å². The molecule has 0 aliphatic heterocycles. The molecule has 0 radical (unpaired) electrons. The normalized spacial score (nSPS) is 11.4. The third kappa shape index (κ3) is 7.68. The van der Waals surface area contributed by atoms with Crippen molar-refractivity contribution in [3.05, 3.63) is 53.1 Å². The molecule has 1 aromatic carbocycles. The molecule has 0 spiro atoms. The Balaban J connectivity index is 2.64. The lowest BCUT2D eigenvalue weighted by Crippen LogP contribution is -1.98. The van der Waals surface area contributed by atoms with Gasteiger partial charge in [0.15, 0.2) is 11.5 Å². The number of hydrogen-bond acceptors (Lipinski definition) is 3. The quantitative estimate of drug-likeness (QED) is 0.519. The van der Waals surface area contributed by atoms with E-state index in [2.05, 4.69) is 32.9 Å². The average molecular weight is 330 g/mol. The Morgan fingerprint density at radius 2 is 1.92 bits per heavy atom. The molecule has 0 unspecified atom stereocenters. The van der Waals surface area contributed by atoms with Crippen molar-refractivity contribution in [3.8, 4) is 11.5 Å². The van der Waals surface area contributed by atoms with Gasteiger partial charge < -0.3 is 14.6 Å². The number of carbonyl (C=O) groups is 1. The Bertz CT molecular complexity index is 635. The number of benzene rings is 1. The van der Waals surface area contributed by atoms with Crippen molar-refractivity contribution >= 4 is 12.0 Å². The molecule has 0 aliphatic carbocycles. The SMILES string of the molecule is COc1cc(/C=C/C(=O)O)ccc1OC/C=C(/C)CCC=C(C)C. The second kappa shape index (κ2) is 10.3. The molecule has 130 valence electrons. The van der Waals surface area contributed by atoms with Crippen LogP contribution in [0, 0.1) is 0 Å². The number of methoxy groups -OCH3 is 1. The first-order chi connectivity index (χ1) is 11.4. The molecular weight excluding hydrogens is 304 g/mol. The van der Waals surface area contributed by atoms with Crippen LogP contribution in [0.5, 0.6) is 11.5 Å². The summed E-state index contributed by atoms with van der Waals surface area (Å²) in [5, 5.41) is 8.66. The number of hydrogen-bond donors (Lipinski definition) is 1. The highest BCUT2D eigenvalue weighted by Gasteiger charge is 2.04. The zero-order chi connectivity index (χ0) is 17.9. The van der Waals surface area contributed by atoms with Gasteiger partial charge in [-0.25, -0.2) is 4.79 Å². The van der Waals surface area contributed by atoms with Crippen LogP contribution < -0.4 is 9.47 Å². The molecule has 0 amide bonds. The Hall–Kier alpha value is -2.49. The Kier molecular flexibility index (Phi) is 8.41. The van der Waals surface area contributed by atoms with E-state index < -0.39 is 5.97 Å². The van der Waals surface area contributed by atoms with Crippen LogP contribution in [0.2, 0.25) is 0 Å². The zero-order valence-electron chi connectivity index (χ0n) is 14.8. The van der Waals surface area contributed by atoms with Gasteiger partial charge in [0.25, 0.3) is 0 Å². The molecule has 0 saturated carbocycles. The Morgan fingerprint density at radius 3 is 2.54 bits per heavy atom. The first-order valence-corrected chi connectivity index (χ1v) is 7.93. The first-order valence-electron chi connectivity index (χ1n) is 7.93. The standard InChI is InChI=1S/C20H26O4/c1-15(2)6-5-7-16(3)12-13-24-18-10-8-17(9-11-20(21)22)14-19(18)23-4/h6,8-12,14H,5,7,13H2,1-4H3,(H,21,22)/b11-9+,16-12-. The number of carboxylic acid groups (broad SMARTS) is 1. The number of carboxylic acids is 1. The smallest absolute Gasteiger partial charge is 0.328 e. The molecular formula is C20H26O4. The summed E-state index contributed by atoms with van der Waals surface area (Å²) in [7, 11) is 1.56. The number of rotatable bonds is 9. The van der Waals surface area contributed by atoms with Gasteiger partial charge in [-0.3, -0.25) is 0 Å². The maximum absolute atomic E-state index is 10.6. The van der Waals surface area contributed by atoms with E-state index in [1.165, 1.54) is 17.2 Å². The third-order valence-corrected chi connectivity index (χ3v) is 3.37. The van der Waals surface area contributed by atoms with E-state index in [1.807, 2.05) is 0 Å². The van der Waals surface area contributed by atoms with Gasteiger partial charge in [0.2, 0.25) is 0 Å². The highest BCUT2D eigenvalue weighted by atomic mass is 16.5. The van der Waals surface area contributed by atoms with Crippen LogP contribution in [-0.2, 0) is 4.79 Å². The van der Waals surface area contributed by atoms with E-state index >= 15 is 0 Å². The minimum atomic E-state index is -0.983. The van der Waals surface area contributed by atoms with Gasteiger partial charge in [-0.1, -0.05) is 23.3 Å². The maximum atomic E-state index is 10.6. The zero-order valence-corrected chi connectivity index (χ0v) is 14.8. The summed E-state index contributed by atoms with van der Waals surface area (Å²) in [5.41, 5.74) is 3.36. The lowest BCUT2D eigenvalue weighted by Gasteiger charge is -2.10. The maximum Gasteiger partial charge on any atom is 0.328 e. The van der Waals surface area contributed by atoms with E-state index in [0.29, 0.717) is 18.1 Å². The lowest BCUT2D eigenvalue weighted by molar-refractivity contribution is -0.131. The van der Waals surface area contributed by atoms with Gasteiger partial charge in [-0.05, 0) is 63.5 Å². The fourth-order valence-electron chi connectivity index (χ4n) is 2.04. The molecule has 1 rings (SSSR count). The van der Waals surface area contributed by atoms with Crippen molar-refractivity contribution in [1.82, 2.24) is 0 Å². The fraction of sp³-hybridized carbons (Fsp3) is 0.350. The summed E-state index contributed by atoms with van der Waals surface area (Å²) in [5.74, 6) is 0.236. The topological polar surface area (TPSA) is 55.8 Å². The van der Waals surface area contributed by atoms with Crippen molar-refractivity contribution < 1.29 is 19.4 Å². The van der Waals surface area contributed by atoms with Crippen LogP contribution in [0.4, 0.5) is 0 Å². The number of allylic oxidation sites excluding steroid dienone is 3.